The van der Waals surface area contributed by atoms with Crippen LogP contribution in [-0.2, 0) is 9.47 Å². The average molecular weight is 643 g/mol. The van der Waals surface area contributed by atoms with Crippen molar-refractivity contribution in [2.45, 2.75) is 199 Å². The quantitative estimate of drug-likeness (QED) is 0.0413. The van der Waals surface area contributed by atoms with Crippen LogP contribution in [0.5, 0.6) is 0 Å². The lowest BCUT2D eigenvalue weighted by molar-refractivity contribution is -0.870. The topological polar surface area (TPSA) is 18.5 Å². The van der Waals surface area contributed by atoms with E-state index in [1.807, 2.05) is 0 Å². The Balaban J connectivity index is 2.20. The molecule has 0 aromatic carbocycles. The predicted octanol–water partition coefficient (Wildman–Crippen LogP) is 13.2. The van der Waals surface area contributed by atoms with Gasteiger partial charge in [-0.3, -0.25) is 0 Å². The lowest BCUT2D eigenvalue weighted by Gasteiger charge is -2.24. The molecule has 46 heavy (non-hydrogen) atoms. The molecule has 0 aromatic rings. The van der Waals surface area contributed by atoms with Gasteiger partial charge in [0.2, 0.25) is 0 Å². The molecular formula is C43H80NO2+. The summed E-state index contributed by atoms with van der Waals surface area (Å²) in [6, 6.07) is 0. The van der Waals surface area contributed by atoms with Crippen molar-refractivity contribution in [3.8, 4) is 0 Å². The maximum absolute atomic E-state index is 6.53. The van der Waals surface area contributed by atoms with Crippen molar-refractivity contribution in [3.05, 3.63) is 48.6 Å². The second-order valence-electron chi connectivity index (χ2n) is 15.0. The van der Waals surface area contributed by atoms with Crippen molar-refractivity contribution in [2.75, 3.05) is 27.7 Å². The molecule has 2 unspecified atom stereocenters. The lowest BCUT2D eigenvalue weighted by Crippen LogP contribution is -2.35. The molecule has 0 bridgehead atoms. The minimum atomic E-state index is 0.0116. The van der Waals surface area contributed by atoms with Crippen LogP contribution in [0.4, 0.5) is 0 Å². The number of quaternary nitrogens is 1. The largest absolute Gasteiger partial charge is 0.347 e. The smallest absolute Gasteiger partial charge is 0.158 e. The van der Waals surface area contributed by atoms with Crippen LogP contribution in [0.25, 0.3) is 0 Å². The van der Waals surface area contributed by atoms with E-state index < -0.39 is 0 Å². The maximum atomic E-state index is 6.53. The molecule has 0 aliphatic carbocycles. The highest BCUT2D eigenvalue weighted by Crippen LogP contribution is 2.30. The number of hydrogen-bond acceptors (Lipinski definition) is 2. The predicted molar refractivity (Wildman–Crippen MR) is 204 cm³/mol. The first kappa shape index (κ1) is 42.9. The molecule has 0 aromatic heterocycles. The van der Waals surface area contributed by atoms with Crippen molar-refractivity contribution in [1.29, 1.82) is 0 Å². The molecule has 1 rings (SSSR count). The van der Waals surface area contributed by atoms with Crippen LogP contribution in [0.1, 0.15) is 181 Å². The summed E-state index contributed by atoms with van der Waals surface area (Å²) >= 11 is 0. The molecule has 3 heteroatoms. The molecule has 1 aliphatic heterocycles. The highest BCUT2D eigenvalue weighted by Gasteiger charge is 2.35. The minimum absolute atomic E-state index is 0.0116. The van der Waals surface area contributed by atoms with Crippen LogP contribution in [0.2, 0.25) is 0 Å². The average Bonchev–Trinajstić information content (AvgIpc) is 3.41. The second kappa shape index (κ2) is 31.1. The number of nitrogens with zero attached hydrogens (tertiary/aromatic N) is 1. The molecule has 0 N–H and O–H groups in total. The molecule has 0 radical (unpaired) electrons. The van der Waals surface area contributed by atoms with E-state index in [4.69, 9.17) is 9.47 Å². The fourth-order valence-corrected chi connectivity index (χ4v) is 6.29. The van der Waals surface area contributed by atoms with E-state index in [0.717, 1.165) is 23.7 Å². The van der Waals surface area contributed by atoms with Gasteiger partial charge in [0, 0.05) is 12.8 Å². The molecule has 0 amide bonds. The van der Waals surface area contributed by atoms with Crippen LogP contribution in [0.3, 0.4) is 0 Å². The highest BCUT2D eigenvalue weighted by molar-refractivity contribution is 4.93. The van der Waals surface area contributed by atoms with Gasteiger partial charge in [0.1, 0.15) is 0 Å². The Bertz CT molecular complexity index is 707. The standard InChI is InChI=1S/C43H80NO2/c1-6-8-10-12-14-16-18-20-22-24-26-28-30-32-34-37-41-42(46-43(45-41)39-36-40-44(3,4)5)38-35-33-31-29-27-25-23-21-19-17-15-13-11-9-7-2/h14-17,20-23,41-43H,6-13,18-19,24-40H2,1-5H3/q+1/b16-14-,17-15-,22-20-,23-21-. The van der Waals surface area contributed by atoms with Gasteiger partial charge in [-0.1, -0.05) is 140 Å². The SMILES string of the molecule is CCCCC/C=C\C/C=C\CCCCCCCC1OC(CCC[N+](C)(C)C)OC1CCCCCCC/C=C\C/C=C\CCCCC. The van der Waals surface area contributed by atoms with E-state index >= 15 is 0 Å². The van der Waals surface area contributed by atoms with Crippen molar-refractivity contribution in [3.63, 3.8) is 0 Å². The van der Waals surface area contributed by atoms with Crippen LogP contribution in [0.15, 0.2) is 48.6 Å². The Morgan fingerprint density at radius 1 is 0.413 bits per heavy atom. The number of ether oxygens (including phenoxy) is 2. The van der Waals surface area contributed by atoms with Gasteiger partial charge in [0.15, 0.2) is 6.29 Å². The highest BCUT2D eigenvalue weighted by atomic mass is 16.7. The first-order chi connectivity index (χ1) is 22.5. The van der Waals surface area contributed by atoms with Gasteiger partial charge in [-0.15, -0.1) is 0 Å². The fraction of sp³-hybridized carbons (Fsp3) is 0.814. The normalized spacial score (nSPS) is 19.3. The summed E-state index contributed by atoms with van der Waals surface area (Å²) in [5.74, 6) is 0. The van der Waals surface area contributed by atoms with Gasteiger partial charge in [-0.2, -0.15) is 0 Å². The van der Waals surface area contributed by atoms with E-state index in [1.54, 1.807) is 0 Å². The summed E-state index contributed by atoms with van der Waals surface area (Å²) < 4.78 is 14.1. The molecule has 1 heterocycles. The molecule has 0 spiro atoms. The zero-order chi connectivity index (χ0) is 33.4. The van der Waals surface area contributed by atoms with E-state index in [0.29, 0.717) is 12.2 Å². The van der Waals surface area contributed by atoms with Gasteiger partial charge in [0.25, 0.3) is 0 Å². The number of rotatable bonds is 32. The fourth-order valence-electron chi connectivity index (χ4n) is 6.29. The molecule has 268 valence electrons. The molecule has 0 saturated carbocycles. The summed E-state index contributed by atoms with van der Waals surface area (Å²) in [6.45, 7) is 5.71. The van der Waals surface area contributed by atoms with Crippen molar-refractivity contribution >= 4 is 0 Å². The van der Waals surface area contributed by atoms with E-state index in [9.17, 15) is 0 Å². The zero-order valence-electron chi connectivity index (χ0n) is 31.7. The summed E-state index contributed by atoms with van der Waals surface area (Å²) in [5.41, 5.74) is 0. The molecule has 3 nitrogen and oxygen atoms in total. The Labute approximate surface area is 288 Å². The third-order valence-electron chi connectivity index (χ3n) is 9.22. The second-order valence-corrected chi connectivity index (χ2v) is 15.0. The summed E-state index contributed by atoms with van der Waals surface area (Å²) in [6.07, 6.45) is 52.4. The van der Waals surface area contributed by atoms with Crippen LogP contribution >= 0.6 is 0 Å². The zero-order valence-corrected chi connectivity index (χ0v) is 31.7. The van der Waals surface area contributed by atoms with Crippen LogP contribution in [0, 0.1) is 0 Å². The molecule has 1 fully saturated rings. The third kappa shape index (κ3) is 27.9. The number of unbranched alkanes of at least 4 members (excludes halogenated alkanes) is 16. The Morgan fingerprint density at radius 2 is 0.783 bits per heavy atom. The molecule has 1 saturated heterocycles. The van der Waals surface area contributed by atoms with Crippen LogP contribution in [-0.4, -0.2) is 50.7 Å². The minimum Gasteiger partial charge on any atom is -0.347 e. The lowest BCUT2D eigenvalue weighted by atomic mass is 9.99. The number of hydrogen-bond donors (Lipinski definition) is 0. The Morgan fingerprint density at radius 3 is 1.17 bits per heavy atom. The first-order valence-electron chi connectivity index (χ1n) is 20.2. The van der Waals surface area contributed by atoms with E-state index in [-0.39, 0.29) is 6.29 Å². The van der Waals surface area contributed by atoms with Crippen molar-refractivity contribution in [1.82, 2.24) is 0 Å². The van der Waals surface area contributed by atoms with Crippen LogP contribution < -0.4 is 0 Å². The molecule has 1 aliphatic rings. The monoisotopic (exact) mass is 643 g/mol. The summed E-state index contributed by atoms with van der Waals surface area (Å²) in [4.78, 5) is 0. The van der Waals surface area contributed by atoms with Crippen molar-refractivity contribution < 1.29 is 14.0 Å². The Hall–Kier alpha value is -1.16. The van der Waals surface area contributed by atoms with Gasteiger partial charge >= 0.3 is 0 Å². The third-order valence-corrected chi connectivity index (χ3v) is 9.22. The molecule has 2 atom stereocenters. The Kier molecular flexibility index (Phi) is 29.0. The van der Waals surface area contributed by atoms with E-state index in [2.05, 4.69) is 83.6 Å². The van der Waals surface area contributed by atoms with Gasteiger partial charge in [-0.25, -0.2) is 0 Å². The summed E-state index contributed by atoms with van der Waals surface area (Å²) in [7, 11) is 6.82. The maximum Gasteiger partial charge on any atom is 0.158 e. The first-order valence-corrected chi connectivity index (χ1v) is 20.2. The van der Waals surface area contributed by atoms with Gasteiger partial charge < -0.3 is 14.0 Å². The van der Waals surface area contributed by atoms with Gasteiger partial charge in [-0.05, 0) is 77.0 Å². The molecular weight excluding hydrogens is 562 g/mol. The van der Waals surface area contributed by atoms with Gasteiger partial charge in [0.05, 0.1) is 39.9 Å². The summed E-state index contributed by atoms with van der Waals surface area (Å²) in [5, 5.41) is 0. The van der Waals surface area contributed by atoms with Crippen molar-refractivity contribution in [2.24, 2.45) is 0 Å². The number of allylic oxidation sites excluding steroid dienone is 8. The van der Waals surface area contributed by atoms with E-state index in [1.165, 1.54) is 154 Å².